The number of allylic oxidation sites excluding steroid dienone is 2. The molecule has 0 saturated carbocycles. The Bertz CT molecular complexity index is 394. The fraction of sp³-hybridized carbons (Fsp3) is 0.722. The Balaban J connectivity index is 2.62. The van der Waals surface area contributed by atoms with E-state index in [1.165, 1.54) is 11.1 Å². The predicted octanol–water partition coefficient (Wildman–Crippen LogP) is 5.01. The quantitative estimate of drug-likeness (QED) is 0.520. The minimum absolute atomic E-state index is 0.146. The maximum atomic E-state index is 5.88. The van der Waals surface area contributed by atoms with E-state index in [0.717, 1.165) is 25.9 Å². The third-order valence-corrected chi connectivity index (χ3v) is 3.52. The van der Waals surface area contributed by atoms with E-state index in [-0.39, 0.29) is 17.8 Å². The highest BCUT2D eigenvalue weighted by Crippen LogP contribution is 2.30. The van der Waals surface area contributed by atoms with E-state index in [4.69, 9.17) is 9.47 Å². The van der Waals surface area contributed by atoms with E-state index < -0.39 is 0 Å². The minimum Gasteiger partial charge on any atom is -0.352 e. The number of hydrogen-bond acceptors (Lipinski definition) is 2. The van der Waals surface area contributed by atoms with Crippen molar-refractivity contribution >= 4 is 0 Å². The van der Waals surface area contributed by atoms with Crippen LogP contribution in [0.3, 0.4) is 0 Å². The number of ether oxygens (including phenoxy) is 2. The van der Waals surface area contributed by atoms with Crippen LogP contribution in [-0.4, -0.2) is 19.0 Å². The molecule has 0 aromatic rings. The second-order valence-corrected chi connectivity index (χ2v) is 6.65. The van der Waals surface area contributed by atoms with E-state index in [9.17, 15) is 0 Å². The lowest BCUT2D eigenvalue weighted by molar-refractivity contribution is -0.242. The van der Waals surface area contributed by atoms with Crippen molar-refractivity contribution in [2.75, 3.05) is 6.61 Å². The maximum Gasteiger partial charge on any atom is 0.166 e. The van der Waals surface area contributed by atoms with E-state index in [1.54, 1.807) is 0 Å². The molecule has 1 heterocycles. The molecule has 2 heteroatoms. The van der Waals surface area contributed by atoms with Crippen LogP contribution < -0.4 is 0 Å². The van der Waals surface area contributed by atoms with Crippen molar-refractivity contribution in [1.82, 2.24) is 0 Å². The van der Waals surface area contributed by atoms with Gasteiger partial charge in [-0.3, -0.25) is 0 Å². The highest BCUT2D eigenvalue weighted by Gasteiger charge is 2.33. The van der Waals surface area contributed by atoms with Gasteiger partial charge in [-0.05, 0) is 58.6 Å². The summed E-state index contributed by atoms with van der Waals surface area (Å²) in [5, 5.41) is 0. The first-order chi connectivity index (χ1) is 9.31. The normalized spacial score (nSPS) is 22.9. The average molecular weight is 278 g/mol. The monoisotopic (exact) mass is 278 g/mol. The van der Waals surface area contributed by atoms with Crippen molar-refractivity contribution in [3.05, 3.63) is 29.0 Å². The van der Waals surface area contributed by atoms with Crippen molar-refractivity contribution in [3.63, 3.8) is 0 Å². The zero-order valence-corrected chi connectivity index (χ0v) is 14.0. The van der Waals surface area contributed by atoms with Crippen molar-refractivity contribution in [2.45, 2.75) is 73.2 Å². The first-order valence-corrected chi connectivity index (χ1v) is 7.65. The van der Waals surface area contributed by atoms with Gasteiger partial charge in [0.25, 0.3) is 0 Å². The summed E-state index contributed by atoms with van der Waals surface area (Å²) in [4.78, 5) is 0. The van der Waals surface area contributed by atoms with Crippen LogP contribution in [0.1, 0.15) is 60.8 Å². The molecule has 0 aliphatic carbocycles. The summed E-state index contributed by atoms with van der Waals surface area (Å²) in [7, 11) is 0. The molecular weight excluding hydrogens is 248 g/mol. The second kappa shape index (κ2) is 7.83. The topological polar surface area (TPSA) is 18.5 Å². The Kier molecular flexibility index (Phi) is 6.75. The zero-order valence-electron chi connectivity index (χ0n) is 14.0. The summed E-state index contributed by atoms with van der Waals surface area (Å²) >= 11 is 0. The van der Waals surface area contributed by atoms with E-state index >= 15 is 0 Å². The van der Waals surface area contributed by atoms with Gasteiger partial charge in [-0.15, -0.1) is 5.73 Å². The van der Waals surface area contributed by atoms with Crippen molar-refractivity contribution in [3.8, 4) is 0 Å². The Labute approximate surface area is 124 Å². The van der Waals surface area contributed by atoms with Crippen molar-refractivity contribution in [2.24, 2.45) is 5.41 Å². The molecule has 2 atom stereocenters. The average Bonchev–Trinajstić information content (AvgIpc) is 2.36. The summed E-state index contributed by atoms with van der Waals surface area (Å²) in [6, 6.07) is 0. The molecule has 0 aromatic carbocycles. The summed E-state index contributed by atoms with van der Waals surface area (Å²) in [5.41, 5.74) is 5.92. The van der Waals surface area contributed by atoms with Crippen LogP contribution in [0.5, 0.6) is 0 Å². The summed E-state index contributed by atoms with van der Waals surface area (Å²) < 4.78 is 11.6. The van der Waals surface area contributed by atoms with Crippen LogP contribution in [0.4, 0.5) is 0 Å². The molecule has 114 valence electrons. The molecule has 1 saturated heterocycles. The predicted molar refractivity (Wildman–Crippen MR) is 84.6 cm³/mol. The molecule has 20 heavy (non-hydrogen) atoms. The molecule has 0 spiro atoms. The van der Waals surface area contributed by atoms with Crippen LogP contribution in [0.15, 0.2) is 29.0 Å². The first kappa shape index (κ1) is 17.2. The van der Waals surface area contributed by atoms with Gasteiger partial charge < -0.3 is 9.47 Å². The van der Waals surface area contributed by atoms with Crippen LogP contribution >= 0.6 is 0 Å². The van der Waals surface area contributed by atoms with Gasteiger partial charge in [0.2, 0.25) is 0 Å². The Morgan fingerprint density at radius 2 is 2.00 bits per heavy atom. The lowest BCUT2D eigenvalue weighted by Crippen LogP contribution is -2.40. The second-order valence-electron chi connectivity index (χ2n) is 6.65. The van der Waals surface area contributed by atoms with Gasteiger partial charge >= 0.3 is 0 Å². The minimum atomic E-state index is -0.163. The number of rotatable bonds is 5. The molecule has 0 amide bonds. The maximum absolute atomic E-state index is 5.88. The molecule has 1 fully saturated rings. The van der Waals surface area contributed by atoms with E-state index in [1.807, 2.05) is 0 Å². The number of hydrogen-bond donors (Lipinski definition) is 0. The molecule has 1 aliphatic heterocycles. The van der Waals surface area contributed by atoms with Gasteiger partial charge in [-0.2, -0.15) is 0 Å². The van der Waals surface area contributed by atoms with Crippen LogP contribution in [0.2, 0.25) is 0 Å². The standard InChI is InChI=1S/C18H30O2/c1-14(2)8-7-9-15(3)10-12-18(5,6)17-19-13-11-16(4)20-17/h8,12,16-17H,7,9,11,13H2,1-6H3/t10?,16-,17+/m0/s1. The Morgan fingerprint density at radius 3 is 2.60 bits per heavy atom. The summed E-state index contributed by atoms with van der Waals surface area (Å²) in [5.74, 6) is 0. The molecule has 1 aliphatic rings. The summed E-state index contributed by atoms with van der Waals surface area (Å²) in [6.07, 6.45) is 7.62. The Hall–Kier alpha value is -0.820. The third kappa shape index (κ3) is 6.09. The van der Waals surface area contributed by atoms with Gasteiger partial charge in [-0.25, -0.2) is 0 Å². The lowest BCUT2D eigenvalue weighted by atomic mass is 9.91. The molecule has 0 aromatic heterocycles. The van der Waals surface area contributed by atoms with E-state index in [0.29, 0.717) is 0 Å². The fourth-order valence-corrected chi connectivity index (χ4v) is 2.08. The molecule has 0 N–H and O–H groups in total. The largest absolute Gasteiger partial charge is 0.352 e. The molecule has 0 unspecified atom stereocenters. The fourth-order valence-electron chi connectivity index (χ4n) is 2.08. The van der Waals surface area contributed by atoms with E-state index in [2.05, 4.69) is 59.4 Å². The smallest absolute Gasteiger partial charge is 0.166 e. The molecule has 0 bridgehead atoms. The van der Waals surface area contributed by atoms with Crippen molar-refractivity contribution < 1.29 is 9.47 Å². The molecule has 1 rings (SSSR count). The third-order valence-electron chi connectivity index (χ3n) is 3.52. The SMILES string of the molecule is CC(=C=CC(C)(C)[C@@H]1OCC[C@H](C)O1)CCC=C(C)C. The molecular formula is C18H30O2. The highest BCUT2D eigenvalue weighted by molar-refractivity contribution is 5.06. The van der Waals surface area contributed by atoms with Gasteiger partial charge in [-0.1, -0.05) is 25.5 Å². The van der Waals surface area contributed by atoms with Crippen LogP contribution in [-0.2, 0) is 9.47 Å². The Morgan fingerprint density at radius 1 is 1.30 bits per heavy atom. The van der Waals surface area contributed by atoms with Gasteiger partial charge in [0.15, 0.2) is 6.29 Å². The van der Waals surface area contributed by atoms with Crippen molar-refractivity contribution in [1.29, 1.82) is 0 Å². The van der Waals surface area contributed by atoms with Gasteiger partial charge in [0.05, 0.1) is 12.7 Å². The van der Waals surface area contributed by atoms with Gasteiger partial charge in [0.1, 0.15) is 0 Å². The van der Waals surface area contributed by atoms with Crippen LogP contribution in [0.25, 0.3) is 0 Å². The molecule has 0 radical (unpaired) electrons. The lowest BCUT2D eigenvalue weighted by Gasteiger charge is -2.36. The molecule has 2 nitrogen and oxygen atoms in total. The van der Waals surface area contributed by atoms with Crippen LogP contribution in [0, 0.1) is 5.41 Å². The zero-order chi connectivity index (χ0) is 15.2. The first-order valence-electron chi connectivity index (χ1n) is 7.65. The van der Waals surface area contributed by atoms with Gasteiger partial charge in [0, 0.05) is 5.41 Å². The summed E-state index contributed by atoms with van der Waals surface area (Å²) in [6.45, 7) is 13.6. The highest BCUT2D eigenvalue weighted by atomic mass is 16.7.